The van der Waals surface area contributed by atoms with Crippen molar-refractivity contribution in [1.82, 2.24) is 0 Å². The van der Waals surface area contributed by atoms with Crippen LogP contribution in [0.5, 0.6) is 11.5 Å². The average Bonchev–Trinajstić information content (AvgIpc) is 2.61. The van der Waals surface area contributed by atoms with Crippen molar-refractivity contribution in [2.45, 2.75) is 0 Å². The molecule has 0 amide bonds. The predicted molar refractivity (Wildman–Crippen MR) is 90.1 cm³/mol. The number of anilines is 1. The minimum Gasteiger partial charge on any atom is -0.504 e. The molecule has 5 heteroatoms. The van der Waals surface area contributed by atoms with E-state index < -0.39 is 5.82 Å². The van der Waals surface area contributed by atoms with Gasteiger partial charge < -0.3 is 19.5 Å². The van der Waals surface area contributed by atoms with Gasteiger partial charge >= 0.3 is 0 Å². The second-order valence-corrected chi connectivity index (χ2v) is 5.41. The normalized spacial score (nSPS) is 14.0. The fourth-order valence-corrected chi connectivity index (χ4v) is 2.57. The molecule has 1 aliphatic rings. The van der Waals surface area contributed by atoms with Gasteiger partial charge in [0.2, 0.25) is 0 Å². The van der Waals surface area contributed by atoms with E-state index >= 15 is 0 Å². The van der Waals surface area contributed by atoms with Gasteiger partial charge in [-0.05, 0) is 36.4 Å². The van der Waals surface area contributed by atoms with Gasteiger partial charge in [0, 0.05) is 29.9 Å². The van der Waals surface area contributed by atoms with Gasteiger partial charge in [0.1, 0.15) is 0 Å². The molecular weight excluding hydrogens is 309 g/mol. The fraction of sp³-hybridized carbons (Fsp3) is 0.263. The molecule has 1 fully saturated rings. The van der Waals surface area contributed by atoms with Crippen LogP contribution in [0.3, 0.4) is 0 Å². The topological polar surface area (TPSA) is 41.9 Å². The quantitative estimate of drug-likeness (QED) is 0.861. The van der Waals surface area contributed by atoms with Crippen LogP contribution >= 0.6 is 0 Å². The lowest BCUT2D eigenvalue weighted by Crippen LogP contribution is -2.36. The lowest BCUT2D eigenvalue weighted by Gasteiger charge is -2.28. The smallest absolute Gasteiger partial charge is 0.196 e. The summed E-state index contributed by atoms with van der Waals surface area (Å²) in [5.74, 6) is 4.76. The molecule has 0 spiro atoms. The number of phenolic OH excluding ortho intramolecular Hbond substituents is 1. The summed E-state index contributed by atoms with van der Waals surface area (Å²) >= 11 is 0. The average molecular weight is 327 g/mol. The van der Waals surface area contributed by atoms with E-state index in [1.54, 1.807) is 0 Å². The highest BCUT2D eigenvalue weighted by atomic mass is 19.1. The first-order chi connectivity index (χ1) is 11.7. The summed E-state index contributed by atoms with van der Waals surface area (Å²) in [5.41, 5.74) is 2.35. The molecule has 0 saturated carbocycles. The number of nitrogens with zero attached hydrogens (tertiary/aromatic N) is 1. The number of phenols is 1. The van der Waals surface area contributed by atoms with Gasteiger partial charge in [0.05, 0.1) is 20.3 Å². The zero-order valence-electron chi connectivity index (χ0n) is 13.4. The first-order valence-electron chi connectivity index (χ1n) is 7.68. The van der Waals surface area contributed by atoms with Crippen molar-refractivity contribution >= 4 is 5.69 Å². The number of benzene rings is 2. The molecule has 2 aromatic rings. The highest BCUT2D eigenvalue weighted by Crippen LogP contribution is 2.29. The Morgan fingerprint density at radius 2 is 1.75 bits per heavy atom. The van der Waals surface area contributed by atoms with Crippen molar-refractivity contribution in [2.75, 3.05) is 38.3 Å². The summed E-state index contributed by atoms with van der Waals surface area (Å²) in [4.78, 5) is 2.26. The maximum atomic E-state index is 13.7. The number of morpholine rings is 1. The number of methoxy groups -OCH3 is 1. The minimum absolute atomic E-state index is 0.171. The van der Waals surface area contributed by atoms with E-state index in [0.29, 0.717) is 5.56 Å². The zero-order chi connectivity index (χ0) is 16.9. The van der Waals surface area contributed by atoms with Gasteiger partial charge in [-0.3, -0.25) is 0 Å². The molecule has 1 heterocycles. The lowest BCUT2D eigenvalue weighted by atomic mass is 10.1. The molecule has 1 saturated heterocycles. The van der Waals surface area contributed by atoms with Gasteiger partial charge in [-0.2, -0.15) is 0 Å². The van der Waals surface area contributed by atoms with Crippen LogP contribution in [0, 0.1) is 17.7 Å². The molecule has 3 rings (SSSR count). The number of aromatic hydroxyl groups is 1. The molecule has 2 aromatic carbocycles. The van der Waals surface area contributed by atoms with Crippen LogP contribution < -0.4 is 9.64 Å². The third-order valence-electron chi connectivity index (χ3n) is 3.82. The summed E-state index contributed by atoms with van der Waals surface area (Å²) in [6.07, 6.45) is 0. The fourth-order valence-electron chi connectivity index (χ4n) is 2.57. The van der Waals surface area contributed by atoms with Crippen molar-refractivity contribution in [1.29, 1.82) is 0 Å². The van der Waals surface area contributed by atoms with Gasteiger partial charge in [0.25, 0.3) is 0 Å². The molecule has 1 N–H and O–H groups in total. The molecule has 1 aliphatic heterocycles. The Bertz CT molecular complexity index is 748. The Morgan fingerprint density at radius 3 is 2.38 bits per heavy atom. The summed E-state index contributed by atoms with van der Waals surface area (Å²) in [6.45, 7) is 3.26. The molecular formula is C19H18FNO3. The molecule has 24 heavy (non-hydrogen) atoms. The molecule has 4 nitrogen and oxygen atoms in total. The van der Waals surface area contributed by atoms with E-state index in [9.17, 15) is 9.50 Å². The molecule has 0 aromatic heterocycles. The number of rotatable bonds is 2. The van der Waals surface area contributed by atoms with Gasteiger partial charge in [-0.15, -0.1) is 0 Å². The Morgan fingerprint density at radius 1 is 1.08 bits per heavy atom. The number of hydrogen-bond acceptors (Lipinski definition) is 4. The first kappa shape index (κ1) is 16.2. The van der Waals surface area contributed by atoms with E-state index in [-0.39, 0.29) is 11.5 Å². The van der Waals surface area contributed by atoms with Gasteiger partial charge in [0.15, 0.2) is 17.3 Å². The highest BCUT2D eigenvalue weighted by Gasteiger charge is 2.11. The molecule has 0 bridgehead atoms. The van der Waals surface area contributed by atoms with Crippen LogP contribution in [-0.2, 0) is 4.74 Å². The Kier molecular flexibility index (Phi) is 4.88. The summed E-state index contributed by atoms with van der Waals surface area (Å²) in [6, 6.07) is 10.5. The van der Waals surface area contributed by atoms with E-state index in [1.165, 1.54) is 19.2 Å². The van der Waals surface area contributed by atoms with Crippen molar-refractivity contribution in [3.8, 4) is 23.3 Å². The van der Waals surface area contributed by atoms with Crippen LogP contribution in [0.15, 0.2) is 36.4 Å². The Hall–Kier alpha value is -2.71. The van der Waals surface area contributed by atoms with Crippen LogP contribution in [0.25, 0.3) is 0 Å². The monoisotopic (exact) mass is 327 g/mol. The van der Waals surface area contributed by atoms with E-state index in [2.05, 4.69) is 16.7 Å². The number of hydrogen-bond donors (Lipinski definition) is 1. The molecule has 124 valence electrons. The van der Waals surface area contributed by atoms with Crippen molar-refractivity contribution in [3.63, 3.8) is 0 Å². The second-order valence-electron chi connectivity index (χ2n) is 5.41. The van der Waals surface area contributed by atoms with Crippen molar-refractivity contribution < 1.29 is 19.0 Å². The van der Waals surface area contributed by atoms with Gasteiger partial charge in [-0.25, -0.2) is 4.39 Å². The summed E-state index contributed by atoms with van der Waals surface area (Å²) in [7, 11) is 1.31. The minimum atomic E-state index is -0.635. The second kappa shape index (κ2) is 7.24. The number of halogens is 1. The lowest BCUT2D eigenvalue weighted by molar-refractivity contribution is 0.122. The third kappa shape index (κ3) is 3.61. The van der Waals surface area contributed by atoms with Crippen LogP contribution in [0.2, 0.25) is 0 Å². The Labute approximate surface area is 140 Å². The van der Waals surface area contributed by atoms with E-state index in [0.717, 1.165) is 37.6 Å². The highest BCUT2D eigenvalue weighted by molar-refractivity contribution is 5.54. The molecule has 0 atom stereocenters. The van der Waals surface area contributed by atoms with Crippen molar-refractivity contribution in [2.24, 2.45) is 0 Å². The van der Waals surface area contributed by atoms with Crippen LogP contribution in [0.1, 0.15) is 11.1 Å². The maximum absolute atomic E-state index is 13.7. The van der Waals surface area contributed by atoms with Crippen LogP contribution in [0.4, 0.5) is 10.1 Å². The predicted octanol–water partition coefficient (Wildman–Crippen LogP) is 2.78. The summed E-state index contributed by atoms with van der Waals surface area (Å²) in [5, 5.41) is 9.70. The zero-order valence-corrected chi connectivity index (χ0v) is 13.4. The van der Waals surface area contributed by atoms with Crippen LogP contribution in [-0.4, -0.2) is 38.5 Å². The third-order valence-corrected chi connectivity index (χ3v) is 3.82. The number of ether oxygens (including phenoxy) is 2. The Balaban J connectivity index is 1.76. The molecule has 0 radical (unpaired) electrons. The van der Waals surface area contributed by atoms with Gasteiger partial charge in [-0.1, -0.05) is 11.8 Å². The SMILES string of the molecule is COc1c(O)cc(C#Cc2ccc(N3CCOCC3)cc2)cc1F. The maximum Gasteiger partial charge on any atom is 0.196 e. The molecule has 0 unspecified atom stereocenters. The molecule has 0 aliphatic carbocycles. The first-order valence-corrected chi connectivity index (χ1v) is 7.68. The van der Waals surface area contributed by atoms with E-state index in [4.69, 9.17) is 9.47 Å². The largest absolute Gasteiger partial charge is 0.504 e. The standard InChI is InChI=1S/C19H18FNO3/c1-23-19-17(20)12-15(13-18(19)22)3-2-14-4-6-16(7-5-14)21-8-10-24-11-9-21/h4-7,12-13,22H,8-11H2,1H3. The summed E-state index contributed by atoms with van der Waals surface area (Å²) < 4.78 is 23.8. The van der Waals surface area contributed by atoms with Crippen molar-refractivity contribution in [3.05, 3.63) is 53.3 Å². The van der Waals surface area contributed by atoms with E-state index in [1.807, 2.05) is 24.3 Å².